The lowest BCUT2D eigenvalue weighted by Crippen LogP contribution is -2.34. The van der Waals surface area contributed by atoms with E-state index in [4.69, 9.17) is 9.47 Å². The number of carbonyl (C=O) groups is 1. The monoisotopic (exact) mass is 392 g/mol. The molecule has 1 aliphatic rings. The second kappa shape index (κ2) is 7.67. The van der Waals surface area contributed by atoms with Crippen LogP contribution in [0.1, 0.15) is 33.4 Å². The minimum Gasteiger partial charge on any atom is -0.454 e. The number of aromatic nitrogens is 2. The van der Waals surface area contributed by atoms with Crippen molar-refractivity contribution in [2.45, 2.75) is 19.9 Å². The number of fused-ring (bicyclic) bond motifs is 2. The van der Waals surface area contributed by atoms with Gasteiger partial charge in [-0.2, -0.15) is 0 Å². The molecule has 1 unspecified atom stereocenters. The largest absolute Gasteiger partial charge is 0.454 e. The minimum atomic E-state index is -0.139. The summed E-state index contributed by atoms with van der Waals surface area (Å²) in [6.07, 6.45) is 0. The van der Waals surface area contributed by atoms with E-state index in [0.717, 1.165) is 39.5 Å². The molecule has 3 aromatic rings. The molecule has 2 heterocycles. The SMILES string of the molecule is Cc1nc2ccc(C(=O)NCC(c3ccc4c(c3)OCO4)N(C)C)cc2nc1C. The zero-order chi connectivity index (χ0) is 20.5. The molecule has 1 aromatic heterocycles. The highest BCUT2D eigenvalue weighted by Crippen LogP contribution is 2.35. The number of carbonyl (C=O) groups excluding carboxylic acids is 1. The highest BCUT2D eigenvalue weighted by molar-refractivity contribution is 5.97. The van der Waals surface area contributed by atoms with Crippen molar-refractivity contribution < 1.29 is 14.3 Å². The second-order valence-corrected chi connectivity index (χ2v) is 7.40. The topological polar surface area (TPSA) is 76.6 Å². The van der Waals surface area contributed by atoms with Crippen LogP contribution in [0, 0.1) is 13.8 Å². The molecule has 150 valence electrons. The number of amides is 1. The number of hydrogen-bond donors (Lipinski definition) is 1. The van der Waals surface area contributed by atoms with Crippen LogP contribution < -0.4 is 14.8 Å². The molecule has 2 aromatic carbocycles. The highest BCUT2D eigenvalue weighted by Gasteiger charge is 2.20. The Morgan fingerprint density at radius 3 is 2.52 bits per heavy atom. The summed E-state index contributed by atoms with van der Waals surface area (Å²) >= 11 is 0. The van der Waals surface area contributed by atoms with Crippen LogP contribution in [-0.2, 0) is 0 Å². The van der Waals surface area contributed by atoms with Gasteiger partial charge in [0.2, 0.25) is 6.79 Å². The lowest BCUT2D eigenvalue weighted by molar-refractivity contribution is 0.0942. The van der Waals surface area contributed by atoms with Gasteiger partial charge in [-0.25, -0.2) is 9.97 Å². The molecule has 1 aliphatic heterocycles. The maximum atomic E-state index is 12.8. The number of benzene rings is 2. The third kappa shape index (κ3) is 3.86. The van der Waals surface area contributed by atoms with Crippen LogP contribution in [0.25, 0.3) is 11.0 Å². The summed E-state index contributed by atoms with van der Waals surface area (Å²) in [5.74, 6) is 1.34. The number of nitrogens with zero attached hydrogens (tertiary/aromatic N) is 3. The van der Waals surface area contributed by atoms with Gasteiger partial charge in [-0.1, -0.05) is 6.07 Å². The van der Waals surface area contributed by atoms with E-state index in [2.05, 4.69) is 20.2 Å². The first-order valence-electron chi connectivity index (χ1n) is 9.51. The van der Waals surface area contributed by atoms with Crippen LogP contribution in [-0.4, -0.2) is 48.2 Å². The Morgan fingerprint density at radius 2 is 1.76 bits per heavy atom. The van der Waals surface area contributed by atoms with E-state index in [-0.39, 0.29) is 18.7 Å². The van der Waals surface area contributed by atoms with Gasteiger partial charge in [-0.05, 0) is 63.8 Å². The Kier molecular flexibility index (Phi) is 5.07. The van der Waals surface area contributed by atoms with Gasteiger partial charge in [0, 0.05) is 12.1 Å². The van der Waals surface area contributed by atoms with Crippen LogP contribution in [0.4, 0.5) is 0 Å². The maximum absolute atomic E-state index is 12.8. The molecule has 0 saturated heterocycles. The molecule has 0 bridgehead atoms. The molecule has 1 atom stereocenters. The number of nitrogens with one attached hydrogen (secondary N) is 1. The van der Waals surface area contributed by atoms with E-state index in [1.165, 1.54) is 0 Å². The van der Waals surface area contributed by atoms with E-state index in [1.54, 1.807) is 12.1 Å². The predicted octanol–water partition coefficient (Wildman–Crippen LogP) is 3.01. The first kappa shape index (κ1) is 19.1. The quantitative estimate of drug-likeness (QED) is 0.719. The molecule has 1 amide bonds. The van der Waals surface area contributed by atoms with Crippen molar-refractivity contribution in [3.63, 3.8) is 0 Å². The third-order valence-electron chi connectivity index (χ3n) is 5.20. The number of rotatable bonds is 5. The molecule has 0 fully saturated rings. The summed E-state index contributed by atoms with van der Waals surface area (Å²) in [6, 6.07) is 11.3. The fourth-order valence-electron chi connectivity index (χ4n) is 3.38. The fourth-order valence-corrected chi connectivity index (χ4v) is 3.38. The molecular weight excluding hydrogens is 368 g/mol. The van der Waals surface area contributed by atoms with E-state index in [9.17, 15) is 4.79 Å². The van der Waals surface area contributed by atoms with Crippen molar-refractivity contribution in [2.75, 3.05) is 27.4 Å². The molecule has 0 aliphatic carbocycles. The first-order chi connectivity index (χ1) is 13.9. The summed E-state index contributed by atoms with van der Waals surface area (Å²) < 4.78 is 10.9. The van der Waals surface area contributed by atoms with Gasteiger partial charge in [0.15, 0.2) is 11.5 Å². The molecule has 0 saturated carbocycles. The van der Waals surface area contributed by atoms with Gasteiger partial charge in [-0.15, -0.1) is 0 Å². The van der Waals surface area contributed by atoms with Crippen molar-refractivity contribution >= 4 is 16.9 Å². The minimum absolute atomic E-state index is 0.00130. The molecule has 1 N–H and O–H groups in total. The van der Waals surface area contributed by atoms with E-state index >= 15 is 0 Å². The zero-order valence-corrected chi connectivity index (χ0v) is 17.0. The lowest BCUT2D eigenvalue weighted by atomic mass is 10.0. The summed E-state index contributed by atoms with van der Waals surface area (Å²) in [7, 11) is 3.97. The molecule has 0 radical (unpaired) electrons. The maximum Gasteiger partial charge on any atom is 0.251 e. The second-order valence-electron chi connectivity index (χ2n) is 7.40. The summed E-state index contributed by atoms with van der Waals surface area (Å²) in [6.45, 7) is 4.55. The predicted molar refractivity (Wildman–Crippen MR) is 110 cm³/mol. The lowest BCUT2D eigenvalue weighted by Gasteiger charge is -2.25. The molecule has 4 rings (SSSR count). The van der Waals surface area contributed by atoms with Crippen LogP contribution in [0.3, 0.4) is 0 Å². The highest BCUT2D eigenvalue weighted by atomic mass is 16.7. The molecule has 7 nitrogen and oxygen atoms in total. The standard InChI is InChI=1S/C22H24N4O3/c1-13-14(2)25-18-9-16(5-7-17(18)24-13)22(27)23-11-19(26(3)4)15-6-8-20-21(10-15)29-12-28-20/h5-10,19H,11-12H2,1-4H3,(H,23,27). The number of hydrogen-bond acceptors (Lipinski definition) is 6. The van der Waals surface area contributed by atoms with Crippen molar-refractivity contribution in [1.82, 2.24) is 20.2 Å². The Hall–Kier alpha value is -3.19. The Morgan fingerprint density at radius 1 is 1.03 bits per heavy atom. The van der Waals surface area contributed by atoms with Gasteiger partial charge in [0.1, 0.15) is 0 Å². The number of aryl methyl sites for hydroxylation is 2. The number of ether oxygens (including phenoxy) is 2. The van der Waals surface area contributed by atoms with Crippen LogP contribution in [0.15, 0.2) is 36.4 Å². The summed E-state index contributed by atoms with van der Waals surface area (Å²) in [4.78, 5) is 23.9. The van der Waals surface area contributed by atoms with Crippen molar-refractivity contribution in [2.24, 2.45) is 0 Å². The molecular formula is C22H24N4O3. The first-order valence-corrected chi connectivity index (χ1v) is 9.51. The van der Waals surface area contributed by atoms with Crippen molar-refractivity contribution in [3.05, 3.63) is 58.9 Å². The smallest absolute Gasteiger partial charge is 0.251 e. The Labute approximate surface area is 169 Å². The van der Waals surface area contributed by atoms with Gasteiger partial charge in [-0.3, -0.25) is 4.79 Å². The van der Waals surface area contributed by atoms with Gasteiger partial charge in [0.25, 0.3) is 5.91 Å². The van der Waals surface area contributed by atoms with E-state index in [0.29, 0.717) is 12.1 Å². The van der Waals surface area contributed by atoms with Gasteiger partial charge >= 0.3 is 0 Å². The van der Waals surface area contributed by atoms with Crippen molar-refractivity contribution in [1.29, 1.82) is 0 Å². The fraction of sp³-hybridized carbons (Fsp3) is 0.318. The summed E-state index contributed by atoms with van der Waals surface area (Å²) in [5, 5.41) is 3.04. The van der Waals surface area contributed by atoms with Crippen molar-refractivity contribution in [3.8, 4) is 11.5 Å². The molecule has 0 spiro atoms. The van der Waals surface area contributed by atoms with Crippen LogP contribution >= 0.6 is 0 Å². The Bertz CT molecular complexity index is 1080. The van der Waals surface area contributed by atoms with Gasteiger partial charge in [0.05, 0.1) is 28.5 Å². The van der Waals surface area contributed by atoms with Crippen LogP contribution in [0.5, 0.6) is 11.5 Å². The zero-order valence-electron chi connectivity index (χ0n) is 17.0. The van der Waals surface area contributed by atoms with Gasteiger partial charge < -0.3 is 19.7 Å². The molecule has 29 heavy (non-hydrogen) atoms. The van der Waals surface area contributed by atoms with Crippen LogP contribution in [0.2, 0.25) is 0 Å². The van der Waals surface area contributed by atoms with E-state index < -0.39 is 0 Å². The molecule has 7 heteroatoms. The normalized spacial score (nSPS) is 13.7. The third-order valence-corrected chi connectivity index (χ3v) is 5.20. The average molecular weight is 392 g/mol. The van der Waals surface area contributed by atoms with E-state index in [1.807, 2.05) is 52.2 Å². The average Bonchev–Trinajstić information content (AvgIpc) is 3.16. The Balaban J connectivity index is 1.51. The number of likely N-dealkylation sites (N-methyl/N-ethyl adjacent to an activating group) is 1. The summed E-state index contributed by atoms with van der Waals surface area (Å²) in [5.41, 5.74) is 4.89.